The zero-order valence-electron chi connectivity index (χ0n) is 19.0. The van der Waals surface area contributed by atoms with E-state index in [0.717, 1.165) is 22.3 Å². The van der Waals surface area contributed by atoms with Gasteiger partial charge in [0.05, 0.1) is 12.3 Å². The van der Waals surface area contributed by atoms with Crippen molar-refractivity contribution in [3.63, 3.8) is 0 Å². The number of furan rings is 1. The topological polar surface area (TPSA) is 53.8 Å². The molecule has 4 aromatic rings. The molecule has 5 nitrogen and oxygen atoms in total. The summed E-state index contributed by atoms with van der Waals surface area (Å²) in [6, 6.07) is 30.4. The number of carbonyl (C=O) groups is 2. The smallest absolute Gasteiger partial charge is 0.290 e. The molecule has 1 aromatic heterocycles. The monoisotopic (exact) mass is 450 g/mol. The maximum atomic E-state index is 14.1. The first-order valence-electron chi connectivity index (χ1n) is 11.4. The molecule has 3 aromatic carbocycles. The highest BCUT2D eigenvalue weighted by molar-refractivity contribution is 5.96. The molecule has 0 radical (unpaired) electrons. The minimum atomic E-state index is -0.632. The van der Waals surface area contributed by atoms with Gasteiger partial charge in [-0.05, 0) is 34.4 Å². The normalized spacial score (nSPS) is 15.1. The highest BCUT2D eigenvalue weighted by Crippen LogP contribution is 2.31. The van der Waals surface area contributed by atoms with Gasteiger partial charge in [-0.25, -0.2) is 0 Å². The second kappa shape index (κ2) is 9.40. The molecule has 0 N–H and O–H groups in total. The van der Waals surface area contributed by atoms with E-state index in [-0.39, 0.29) is 23.6 Å². The number of nitrogens with zero attached hydrogens (tertiary/aromatic N) is 2. The lowest BCUT2D eigenvalue weighted by Gasteiger charge is -2.39. The predicted molar refractivity (Wildman–Crippen MR) is 130 cm³/mol. The summed E-state index contributed by atoms with van der Waals surface area (Å²) in [5, 5.41) is 0. The van der Waals surface area contributed by atoms with E-state index in [0.29, 0.717) is 13.0 Å². The Morgan fingerprint density at radius 2 is 1.41 bits per heavy atom. The Kier molecular flexibility index (Phi) is 6.00. The van der Waals surface area contributed by atoms with Crippen molar-refractivity contribution in [3.05, 3.63) is 131 Å². The Morgan fingerprint density at radius 3 is 2.00 bits per heavy atom. The van der Waals surface area contributed by atoms with E-state index >= 15 is 0 Å². The number of carbonyl (C=O) groups excluding carboxylic acids is 2. The van der Waals surface area contributed by atoms with Gasteiger partial charge in [0.25, 0.3) is 5.91 Å². The molecule has 1 aliphatic heterocycles. The van der Waals surface area contributed by atoms with Crippen molar-refractivity contribution in [2.45, 2.75) is 25.0 Å². The van der Waals surface area contributed by atoms with E-state index in [1.54, 1.807) is 21.9 Å². The first kappa shape index (κ1) is 21.7. The zero-order valence-corrected chi connectivity index (χ0v) is 19.0. The average Bonchev–Trinajstić information content (AvgIpc) is 3.43. The van der Waals surface area contributed by atoms with Crippen molar-refractivity contribution < 1.29 is 14.0 Å². The standard InChI is InChI=1S/C29H26N2O3/c1-30(27(21-11-4-2-5-12-21)22-13-6-3-7-14-22)28(32)25-19-23-15-8-9-16-24(23)20-31(25)29(33)26-17-10-18-34-26/h2-18,25,27H,19-20H2,1H3. The van der Waals surface area contributed by atoms with Crippen molar-refractivity contribution in [2.75, 3.05) is 7.05 Å². The molecule has 0 aliphatic carbocycles. The van der Waals surface area contributed by atoms with Gasteiger partial charge in [-0.2, -0.15) is 0 Å². The van der Waals surface area contributed by atoms with Crippen LogP contribution in [0.5, 0.6) is 0 Å². The van der Waals surface area contributed by atoms with Crippen LogP contribution in [-0.4, -0.2) is 34.7 Å². The van der Waals surface area contributed by atoms with Gasteiger partial charge in [0, 0.05) is 20.0 Å². The molecule has 0 spiro atoms. The van der Waals surface area contributed by atoms with Crippen LogP contribution in [-0.2, 0) is 17.8 Å². The molecule has 1 unspecified atom stereocenters. The third kappa shape index (κ3) is 4.13. The number of amides is 2. The highest BCUT2D eigenvalue weighted by atomic mass is 16.3. The van der Waals surface area contributed by atoms with Gasteiger partial charge in [0.15, 0.2) is 5.76 Å². The van der Waals surface area contributed by atoms with Crippen molar-refractivity contribution in [1.29, 1.82) is 0 Å². The van der Waals surface area contributed by atoms with Gasteiger partial charge in [0.2, 0.25) is 5.91 Å². The van der Waals surface area contributed by atoms with E-state index in [1.165, 1.54) is 6.26 Å². The van der Waals surface area contributed by atoms with Crippen LogP contribution in [0.3, 0.4) is 0 Å². The fourth-order valence-electron chi connectivity index (χ4n) is 4.77. The Balaban J connectivity index is 1.53. The third-order valence-electron chi connectivity index (χ3n) is 6.49. The van der Waals surface area contributed by atoms with Gasteiger partial charge < -0.3 is 14.2 Å². The fraction of sp³-hybridized carbons (Fsp3) is 0.172. The molecule has 0 saturated heterocycles. The Bertz CT molecular complexity index is 1230. The zero-order chi connectivity index (χ0) is 23.5. The van der Waals surface area contributed by atoms with Crippen molar-refractivity contribution in [3.8, 4) is 0 Å². The first-order chi connectivity index (χ1) is 16.6. The van der Waals surface area contributed by atoms with Crippen LogP contribution in [0.15, 0.2) is 108 Å². The third-order valence-corrected chi connectivity index (χ3v) is 6.49. The molecule has 170 valence electrons. The molecular formula is C29H26N2O3. The molecule has 2 amide bonds. The number of rotatable bonds is 5. The number of likely N-dealkylation sites (N-methyl/N-ethyl adjacent to an activating group) is 1. The Hall–Kier alpha value is -4.12. The van der Waals surface area contributed by atoms with E-state index in [9.17, 15) is 9.59 Å². The van der Waals surface area contributed by atoms with Crippen LogP contribution in [0.2, 0.25) is 0 Å². The quantitative estimate of drug-likeness (QED) is 0.425. The summed E-state index contributed by atoms with van der Waals surface area (Å²) in [7, 11) is 1.82. The number of hydrogen-bond donors (Lipinski definition) is 0. The second-order valence-corrected chi connectivity index (χ2v) is 8.57. The summed E-state index contributed by atoms with van der Waals surface area (Å²) >= 11 is 0. The van der Waals surface area contributed by atoms with Gasteiger partial charge in [0.1, 0.15) is 6.04 Å². The maximum absolute atomic E-state index is 14.1. The molecule has 2 heterocycles. The fourth-order valence-corrected chi connectivity index (χ4v) is 4.77. The van der Waals surface area contributed by atoms with Crippen LogP contribution in [0.25, 0.3) is 0 Å². The van der Waals surface area contributed by atoms with Crippen LogP contribution < -0.4 is 0 Å². The summed E-state index contributed by atoms with van der Waals surface area (Å²) in [4.78, 5) is 30.9. The second-order valence-electron chi connectivity index (χ2n) is 8.57. The Morgan fingerprint density at radius 1 is 0.824 bits per heavy atom. The Labute approximate surface area is 199 Å². The van der Waals surface area contributed by atoms with E-state index in [4.69, 9.17) is 4.42 Å². The van der Waals surface area contributed by atoms with E-state index in [2.05, 4.69) is 0 Å². The summed E-state index contributed by atoms with van der Waals surface area (Å²) in [6.07, 6.45) is 1.94. The summed E-state index contributed by atoms with van der Waals surface area (Å²) < 4.78 is 5.40. The average molecular weight is 451 g/mol. The molecular weight excluding hydrogens is 424 g/mol. The van der Waals surface area contributed by atoms with Gasteiger partial charge in [-0.3, -0.25) is 9.59 Å². The minimum absolute atomic E-state index is 0.105. The number of benzene rings is 3. The molecule has 0 fully saturated rings. The summed E-state index contributed by atoms with van der Waals surface area (Å²) in [5.74, 6) is -0.142. The minimum Gasteiger partial charge on any atom is -0.459 e. The van der Waals surface area contributed by atoms with Crippen molar-refractivity contribution in [1.82, 2.24) is 9.80 Å². The molecule has 1 atom stereocenters. The van der Waals surface area contributed by atoms with Gasteiger partial charge >= 0.3 is 0 Å². The van der Waals surface area contributed by atoms with Gasteiger partial charge in [-0.15, -0.1) is 0 Å². The number of fused-ring (bicyclic) bond motifs is 1. The van der Waals surface area contributed by atoms with E-state index in [1.807, 2.05) is 92.0 Å². The lowest BCUT2D eigenvalue weighted by atomic mass is 9.91. The number of hydrogen-bond acceptors (Lipinski definition) is 3. The van der Waals surface area contributed by atoms with Crippen LogP contribution >= 0.6 is 0 Å². The lowest BCUT2D eigenvalue weighted by Crippen LogP contribution is -2.53. The van der Waals surface area contributed by atoms with Crippen LogP contribution in [0.1, 0.15) is 38.9 Å². The lowest BCUT2D eigenvalue weighted by molar-refractivity contribution is -0.137. The maximum Gasteiger partial charge on any atom is 0.290 e. The highest BCUT2D eigenvalue weighted by Gasteiger charge is 2.39. The van der Waals surface area contributed by atoms with Crippen LogP contribution in [0, 0.1) is 0 Å². The molecule has 0 bridgehead atoms. The molecule has 5 rings (SSSR count). The van der Waals surface area contributed by atoms with Crippen molar-refractivity contribution in [2.24, 2.45) is 0 Å². The van der Waals surface area contributed by atoms with E-state index < -0.39 is 6.04 Å². The predicted octanol–water partition coefficient (Wildman–Crippen LogP) is 5.09. The molecule has 1 aliphatic rings. The van der Waals surface area contributed by atoms with Crippen molar-refractivity contribution >= 4 is 11.8 Å². The van der Waals surface area contributed by atoms with Gasteiger partial charge in [-0.1, -0.05) is 84.9 Å². The molecule has 0 saturated carbocycles. The first-order valence-corrected chi connectivity index (χ1v) is 11.4. The molecule has 5 heteroatoms. The molecule has 34 heavy (non-hydrogen) atoms. The van der Waals surface area contributed by atoms with Crippen LogP contribution in [0.4, 0.5) is 0 Å². The SMILES string of the molecule is CN(C(=O)C1Cc2ccccc2CN1C(=O)c1ccco1)C(c1ccccc1)c1ccccc1. The largest absolute Gasteiger partial charge is 0.459 e. The summed E-state index contributed by atoms with van der Waals surface area (Å²) in [5.41, 5.74) is 4.18. The summed E-state index contributed by atoms with van der Waals surface area (Å²) in [6.45, 7) is 0.362.